The largest absolute Gasteiger partial charge is 0.354 e. The van der Waals surface area contributed by atoms with Crippen molar-refractivity contribution in [2.24, 2.45) is 0 Å². The van der Waals surface area contributed by atoms with Crippen LogP contribution in [-0.2, 0) is 36.7 Å². The normalized spacial score (nSPS) is 12.4. The highest BCUT2D eigenvalue weighted by molar-refractivity contribution is 7.88. The van der Waals surface area contributed by atoms with Crippen molar-refractivity contribution in [1.29, 1.82) is 0 Å². The first-order chi connectivity index (χ1) is 16.7. The van der Waals surface area contributed by atoms with E-state index in [2.05, 4.69) is 30.3 Å². The van der Waals surface area contributed by atoms with Gasteiger partial charge in [0, 0.05) is 19.5 Å². The lowest BCUT2D eigenvalue weighted by molar-refractivity contribution is 0.480. The van der Waals surface area contributed by atoms with Gasteiger partial charge in [0.2, 0.25) is 21.9 Å². The summed E-state index contributed by atoms with van der Waals surface area (Å²) < 4.78 is 88.1. The first-order valence-corrected chi connectivity index (χ1v) is 15.9. The third-order valence-electron chi connectivity index (χ3n) is 4.65. The maximum atomic E-state index is 11.7. The Kier molecular flexibility index (Phi) is 10.9. The first-order valence-electron chi connectivity index (χ1n) is 10.9. The van der Waals surface area contributed by atoms with Crippen molar-refractivity contribution < 1.29 is 34.4 Å². The van der Waals surface area contributed by atoms with Crippen LogP contribution in [0.2, 0.25) is 0 Å². The molecule has 1 aromatic carbocycles. The molecule has 0 radical (unpaired) electrons. The average Bonchev–Trinajstić information content (AvgIpc) is 2.74. The zero-order valence-corrected chi connectivity index (χ0v) is 22.0. The molecule has 0 atom stereocenters. The Morgan fingerprint density at radius 3 is 2.14 bits per heavy atom. The molecule has 2 rings (SSSR count). The van der Waals surface area contributed by atoms with Gasteiger partial charge >= 0.3 is 0 Å². The summed E-state index contributed by atoms with van der Waals surface area (Å²) in [5.41, 5.74) is 0.0489. The predicted molar refractivity (Wildman–Crippen MR) is 134 cm³/mol. The van der Waals surface area contributed by atoms with E-state index in [4.69, 9.17) is 4.55 Å². The Hall–Kier alpha value is -2.44. The molecule has 0 bridgehead atoms. The molecule has 0 unspecified atom stereocenters. The number of hydrogen-bond donors (Lipinski definition) is 5. The average molecular weight is 567 g/mol. The summed E-state index contributed by atoms with van der Waals surface area (Å²) in [5, 5.41) is 5.62. The molecule has 1 aromatic heterocycles. The number of unbranched alkanes of at least 4 members (excludes halogenated alkanes) is 3. The molecule has 0 aliphatic carbocycles. The van der Waals surface area contributed by atoms with E-state index in [0.717, 1.165) is 19.1 Å². The lowest BCUT2D eigenvalue weighted by Crippen LogP contribution is -2.22. The number of sulfonamides is 1. The number of anilines is 3. The van der Waals surface area contributed by atoms with Crippen LogP contribution in [0.3, 0.4) is 0 Å². The van der Waals surface area contributed by atoms with E-state index in [1.165, 1.54) is 18.2 Å². The Bertz CT molecular complexity index is 1330. The highest BCUT2D eigenvalue weighted by atomic mass is 32.2. The summed E-state index contributed by atoms with van der Waals surface area (Å²) in [7, 11) is -11.8. The molecule has 5 N–H and O–H groups in total. The van der Waals surface area contributed by atoms with Gasteiger partial charge < -0.3 is 10.6 Å². The summed E-state index contributed by atoms with van der Waals surface area (Å²) in [6.45, 7) is 0.487. The summed E-state index contributed by atoms with van der Waals surface area (Å²) in [5.74, 6) is 0.0486. The van der Waals surface area contributed by atoms with Crippen molar-refractivity contribution in [2.75, 3.05) is 35.7 Å². The number of nitrogens with zero attached hydrogens (tertiary/aromatic N) is 3. The Balaban J connectivity index is 2.10. The molecule has 1 heterocycles. The molecule has 36 heavy (non-hydrogen) atoms. The third kappa shape index (κ3) is 12.0. The summed E-state index contributed by atoms with van der Waals surface area (Å²) in [6, 6.07) is 5.65. The Morgan fingerprint density at radius 2 is 1.47 bits per heavy atom. The number of aromatic nitrogens is 3. The Morgan fingerprint density at radius 1 is 0.806 bits per heavy atom. The van der Waals surface area contributed by atoms with Crippen LogP contribution in [0, 0.1) is 0 Å². The molecular weight excluding hydrogens is 536 g/mol. The third-order valence-corrected chi connectivity index (χ3v) is 7.09. The van der Waals surface area contributed by atoms with Crippen LogP contribution in [0.5, 0.6) is 0 Å². The minimum absolute atomic E-state index is 0.00531. The van der Waals surface area contributed by atoms with Crippen LogP contribution < -0.4 is 15.4 Å². The summed E-state index contributed by atoms with van der Waals surface area (Å²) in [6.07, 6.45) is 4.55. The standard InChI is InChI=1S/C19H30N6O8S3/c1-34(26,27)21-13-7-3-2-4-11-17-23-18(20-12-8-14-35(28,29)30)25-19(24-17)22-15-9-5-6-10-16(15)36(31,32)33/h5-6,9-10,21H,2-4,7-8,11-14H2,1H3,(H,28,29,30)(H,31,32,33)(H2,20,22,23,24,25). The highest BCUT2D eigenvalue weighted by Crippen LogP contribution is 2.23. The minimum Gasteiger partial charge on any atom is -0.354 e. The van der Waals surface area contributed by atoms with Gasteiger partial charge in [-0.2, -0.15) is 31.8 Å². The van der Waals surface area contributed by atoms with Crippen molar-refractivity contribution in [3.05, 3.63) is 30.1 Å². The van der Waals surface area contributed by atoms with Gasteiger partial charge in [-0.15, -0.1) is 0 Å². The molecule has 0 saturated carbocycles. The molecule has 0 aliphatic rings. The summed E-state index contributed by atoms with van der Waals surface area (Å²) in [4.78, 5) is 12.4. The summed E-state index contributed by atoms with van der Waals surface area (Å²) >= 11 is 0. The fourth-order valence-electron chi connectivity index (χ4n) is 3.06. The second-order valence-electron chi connectivity index (χ2n) is 7.89. The van der Waals surface area contributed by atoms with E-state index in [9.17, 15) is 29.8 Å². The van der Waals surface area contributed by atoms with Crippen molar-refractivity contribution in [3.8, 4) is 0 Å². The van der Waals surface area contributed by atoms with Gasteiger partial charge in [-0.3, -0.25) is 9.11 Å². The molecular formula is C19H30N6O8S3. The van der Waals surface area contributed by atoms with Crippen molar-refractivity contribution >= 4 is 47.8 Å². The number of benzene rings is 1. The van der Waals surface area contributed by atoms with Crippen LogP contribution in [0.25, 0.3) is 0 Å². The van der Waals surface area contributed by atoms with E-state index in [1.807, 2.05) is 0 Å². The van der Waals surface area contributed by atoms with Gasteiger partial charge in [0.05, 0.1) is 17.7 Å². The van der Waals surface area contributed by atoms with Crippen LogP contribution in [0.1, 0.15) is 37.9 Å². The SMILES string of the molecule is CS(=O)(=O)NCCCCCCc1nc(NCCCS(=O)(=O)O)nc(Nc2ccccc2S(=O)(=O)O)n1. The van der Waals surface area contributed by atoms with Crippen molar-refractivity contribution in [3.63, 3.8) is 0 Å². The van der Waals surface area contributed by atoms with Gasteiger partial charge in [-0.1, -0.05) is 25.0 Å². The maximum Gasteiger partial charge on any atom is 0.296 e. The van der Waals surface area contributed by atoms with Crippen molar-refractivity contribution in [1.82, 2.24) is 19.7 Å². The van der Waals surface area contributed by atoms with Gasteiger partial charge in [-0.05, 0) is 31.4 Å². The molecule has 0 aliphatic heterocycles. The van der Waals surface area contributed by atoms with Crippen LogP contribution >= 0.6 is 0 Å². The zero-order valence-electron chi connectivity index (χ0n) is 19.6. The second kappa shape index (κ2) is 13.2. The predicted octanol–water partition coefficient (Wildman–Crippen LogP) is 1.20. The monoisotopic (exact) mass is 566 g/mol. The van der Waals surface area contributed by atoms with E-state index < -0.39 is 36.0 Å². The molecule has 2 aromatic rings. The van der Waals surface area contributed by atoms with Gasteiger partial charge in [0.15, 0.2) is 0 Å². The molecule has 0 fully saturated rings. The fraction of sp³-hybridized carbons (Fsp3) is 0.526. The van der Waals surface area contributed by atoms with E-state index in [1.54, 1.807) is 6.07 Å². The maximum absolute atomic E-state index is 11.7. The molecule has 202 valence electrons. The van der Waals surface area contributed by atoms with E-state index in [0.29, 0.717) is 31.6 Å². The van der Waals surface area contributed by atoms with Gasteiger partial charge in [0.1, 0.15) is 10.7 Å². The van der Waals surface area contributed by atoms with Crippen LogP contribution in [0.4, 0.5) is 17.6 Å². The Labute approximate surface area is 210 Å². The molecule has 14 nitrogen and oxygen atoms in total. The van der Waals surface area contributed by atoms with E-state index in [-0.39, 0.29) is 35.4 Å². The number of nitrogens with one attached hydrogen (secondary N) is 3. The quantitative estimate of drug-likeness (QED) is 0.143. The smallest absolute Gasteiger partial charge is 0.296 e. The van der Waals surface area contributed by atoms with Gasteiger partial charge in [0.25, 0.3) is 20.2 Å². The second-order valence-corrected chi connectivity index (χ2v) is 12.7. The molecule has 17 heteroatoms. The molecule has 0 amide bonds. The van der Waals surface area contributed by atoms with Crippen LogP contribution in [-0.4, -0.2) is 74.4 Å². The number of hydrogen-bond acceptors (Lipinski definition) is 11. The fourth-order valence-corrected chi connectivity index (χ4v) is 4.73. The van der Waals surface area contributed by atoms with E-state index >= 15 is 0 Å². The zero-order chi connectivity index (χ0) is 26.8. The number of aryl methyl sites for hydroxylation is 1. The number of para-hydroxylation sites is 1. The highest BCUT2D eigenvalue weighted by Gasteiger charge is 2.16. The lowest BCUT2D eigenvalue weighted by atomic mass is 10.1. The lowest BCUT2D eigenvalue weighted by Gasteiger charge is -2.12. The first kappa shape index (κ1) is 29.8. The number of rotatable bonds is 16. The topological polar surface area (TPSA) is 218 Å². The van der Waals surface area contributed by atoms with Crippen LogP contribution in [0.15, 0.2) is 29.2 Å². The van der Waals surface area contributed by atoms with Crippen molar-refractivity contribution in [2.45, 2.75) is 43.4 Å². The molecule has 0 saturated heterocycles. The molecule has 0 spiro atoms. The minimum atomic E-state index is -4.51. The van der Waals surface area contributed by atoms with Gasteiger partial charge in [-0.25, -0.2) is 13.1 Å².